The summed E-state index contributed by atoms with van der Waals surface area (Å²) in [7, 11) is 0. The fourth-order valence-electron chi connectivity index (χ4n) is 2.77. The quantitative estimate of drug-likeness (QED) is 0.749. The maximum atomic E-state index is 11.2. The Morgan fingerprint density at radius 2 is 2.15 bits per heavy atom. The van der Waals surface area contributed by atoms with Crippen molar-refractivity contribution in [2.75, 3.05) is 6.54 Å². The van der Waals surface area contributed by atoms with Gasteiger partial charge in [-0.15, -0.1) is 11.3 Å². The Kier molecular flexibility index (Phi) is 4.08. The fourth-order valence-corrected chi connectivity index (χ4v) is 4.06. The number of hydrogen-bond acceptors (Lipinski definition) is 2. The molecule has 1 atom stereocenters. The van der Waals surface area contributed by atoms with Gasteiger partial charge in [0.1, 0.15) is 0 Å². The molecule has 0 N–H and O–H groups in total. The molecule has 2 aromatic rings. The smallest absolute Gasteiger partial charge is 0.210 e. The highest BCUT2D eigenvalue weighted by Crippen LogP contribution is 2.38. The monoisotopic (exact) mass is 305 g/mol. The third kappa shape index (κ3) is 2.60. The van der Waals surface area contributed by atoms with Gasteiger partial charge in [0.05, 0.1) is 6.04 Å². The molecule has 1 aromatic heterocycles. The highest BCUT2D eigenvalue weighted by molar-refractivity contribution is 7.13. The van der Waals surface area contributed by atoms with E-state index in [4.69, 9.17) is 11.6 Å². The molecule has 1 aliphatic rings. The molecule has 1 aromatic carbocycles. The van der Waals surface area contributed by atoms with Crippen molar-refractivity contribution in [1.29, 1.82) is 0 Å². The molecular formula is C16H16ClNOS. The normalized spacial score (nSPS) is 19.1. The van der Waals surface area contributed by atoms with Gasteiger partial charge in [-0.25, -0.2) is 0 Å². The number of nitrogens with zero attached hydrogens (tertiary/aromatic N) is 1. The number of amides is 1. The number of piperidine rings is 1. The van der Waals surface area contributed by atoms with Crippen LogP contribution in [0, 0.1) is 0 Å². The Balaban J connectivity index is 1.90. The number of halogens is 1. The number of carbonyl (C=O) groups is 1. The molecular weight excluding hydrogens is 290 g/mol. The van der Waals surface area contributed by atoms with Crippen LogP contribution in [0.3, 0.4) is 0 Å². The molecule has 0 spiro atoms. The Labute approximate surface area is 128 Å². The molecule has 20 heavy (non-hydrogen) atoms. The van der Waals surface area contributed by atoms with E-state index < -0.39 is 0 Å². The van der Waals surface area contributed by atoms with Gasteiger partial charge in [-0.3, -0.25) is 4.79 Å². The average molecular weight is 306 g/mol. The van der Waals surface area contributed by atoms with E-state index in [1.807, 2.05) is 29.2 Å². The second kappa shape index (κ2) is 5.98. The first-order valence-corrected chi connectivity index (χ1v) is 8.10. The summed E-state index contributed by atoms with van der Waals surface area (Å²) in [5.74, 6) is 0. The SMILES string of the molecule is O=CN1CCCCC1c1csc(-c2ccccc2Cl)c1. The minimum absolute atomic E-state index is 0.230. The second-order valence-corrected chi connectivity index (χ2v) is 6.40. The first kappa shape index (κ1) is 13.7. The maximum absolute atomic E-state index is 11.2. The fraction of sp³-hybridized carbons (Fsp3) is 0.312. The van der Waals surface area contributed by atoms with Crippen LogP contribution in [0.2, 0.25) is 5.02 Å². The molecule has 104 valence electrons. The standard InChI is InChI=1S/C16H16ClNOS/c17-14-6-2-1-5-13(14)16-9-12(10-20-16)15-7-3-4-8-18(15)11-19/h1-2,5-6,9-11,15H,3-4,7-8H2. The molecule has 1 unspecified atom stereocenters. The van der Waals surface area contributed by atoms with Crippen LogP contribution < -0.4 is 0 Å². The zero-order chi connectivity index (χ0) is 13.9. The van der Waals surface area contributed by atoms with Gasteiger partial charge in [-0.05, 0) is 42.3 Å². The van der Waals surface area contributed by atoms with Crippen molar-refractivity contribution in [1.82, 2.24) is 4.90 Å². The Morgan fingerprint density at radius 3 is 2.95 bits per heavy atom. The van der Waals surface area contributed by atoms with Gasteiger partial charge in [-0.2, -0.15) is 0 Å². The van der Waals surface area contributed by atoms with Crippen LogP contribution in [0.4, 0.5) is 0 Å². The minimum atomic E-state index is 0.230. The van der Waals surface area contributed by atoms with Crippen molar-refractivity contribution in [3.63, 3.8) is 0 Å². The molecule has 1 fully saturated rings. The predicted molar refractivity (Wildman–Crippen MR) is 84.1 cm³/mol. The average Bonchev–Trinajstić information content (AvgIpc) is 2.97. The van der Waals surface area contributed by atoms with Gasteiger partial charge >= 0.3 is 0 Å². The highest BCUT2D eigenvalue weighted by atomic mass is 35.5. The van der Waals surface area contributed by atoms with E-state index in [-0.39, 0.29) is 6.04 Å². The van der Waals surface area contributed by atoms with Crippen molar-refractivity contribution in [3.8, 4) is 10.4 Å². The van der Waals surface area contributed by atoms with Gasteiger partial charge in [-0.1, -0.05) is 29.8 Å². The molecule has 0 saturated carbocycles. The summed E-state index contributed by atoms with van der Waals surface area (Å²) in [6, 6.07) is 10.3. The summed E-state index contributed by atoms with van der Waals surface area (Å²) in [4.78, 5) is 14.3. The van der Waals surface area contributed by atoms with E-state index in [2.05, 4.69) is 11.4 Å². The molecule has 4 heteroatoms. The van der Waals surface area contributed by atoms with E-state index in [1.165, 1.54) is 16.9 Å². The molecule has 1 saturated heterocycles. The van der Waals surface area contributed by atoms with Crippen LogP contribution in [0.1, 0.15) is 30.9 Å². The number of rotatable bonds is 3. The van der Waals surface area contributed by atoms with Crippen molar-refractivity contribution < 1.29 is 4.79 Å². The molecule has 0 aliphatic carbocycles. The summed E-state index contributed by atoms with van der Waals surface area (Å²) in [6.45, 7) is 0.867. The molecule has 1 aliphatic heterocycles. The molecule has 1 amide bonds. The third-order valence-electron chi connectivity index (χ3n) is 3.82. The number of hydrogen-bond donors (Lipinski definition) is 0. The summed E-state index contributed by atoms with van der Waals surface area (Å²) in [6.07, 6.45) is 4.33. The van der Waals surface area contributed by atoms with Crippen molar-refractivity contribution in [3.05, 3.63) is 46.3 Å². The van der Waals surface area contributed by atoms with Gasteiger partial charge in [0.2, 0.25) is 6.41 Å². The number of likely N-dealkylation sites (tertiary alicyclic amines) is 1. The zero-order valence-electron chi connectivity index (χ0n) is 11.1. The number of benzene rings is 1. The number of carbonyl (C=O) groups excluding carboxylic acids is 1. The lowest BCUT2D eigenvalue weighted by Gasteiger charge is -2.32. The van der Waals surface area contributed by atoms with Gasteiger partial charge in [0.15, 0.2) is 0 Å². The Bertz CT molecular complexity index is 610. The van der Waals surface area contributed by atoms with Crippen molar-refractivity contribution >= 4 is 29.3 Å². The van der Waals surface area contributed by atoms with Gasteiger partial charge in [0, 0.05) is 22.0 Å². The van der Waals surface area contributed by atoms with Crippen molar-refractivity contribution in [2.24, 2.45) is 0 Å². The lowest BCUT2D eigenvalue weighted by molar-refractivity contribution is -0.121. The number of thiophene rings is 1. The van der Waals surface area contributed by atoms with Crippen LogP contribution in [0.15, 0.2) is 35.7 Å². The van der Waals surface area contributed by atoms with Gasteiger partial charge in [0.25, 0.3) is 0 Å². The largest absolute Gasteiger partial charge is 0.338 e. The summed E-state index contributed by atoms with van der Waals surface area (Å²) in [5.41, 5.74) is 2.30. The van der Waals surface area contributed by atoms with Crippen LogP contribution in [0.25, 0.3) is 10.4 Å². The highest BCUT2D eigenvalue weighted by Gasteiger charge is 2.23. The predicted octanol–water partition coefficient (Wildman–Crippen LogP) is 4.75. The lowest BCUT2D eigenvalue weighted by atomic mass is 9.97. The van der Waals surface area contributed by atoms with E-state index in [0.717, 1.165) is 36.4 Å². The topological polar surface area (TPSA) is 20.3 Å². The lowest BCUT2D eigenvalue weighted by Crippen LogP contribution is -2.31. The molecule has 2 nitrogen and oxygen atoms in total. The summed E-state index contributed by atoms with van der Waals surface area (Å²) < 4.78 is 0. The first-order chi connectivity index (χ1) is 9.79. The van der Waals surface area contributed by atoms with Gasteiger partial charge < -0.3 is 4.90 Å². The third-order valence-corrected chi connectivity index (χ3v) is 5.13. The first-order valence-electron chi connectivity index (χ1n) is 6.84. The van der Waals surface area contributed by atoms with E-state index >= 15 is 0 Å². The van der Waals surface area contributed by atoms with Crippen LogP contribution in [-0.4, -0.2) is 17.9 Å². The zero-order valence-corrected chi connectivity index (χ0v) is 12.7. The summed E-state index contributed by atoms with van der Waals surface area (Å²) in [5, 5.41) is 2.93. The van der Waals surface area contributed by atoms with E-state index in [1.54, 1.807) is 11.3 Å². The van der Waals surface area contributed by atoms with E-state index in [9.17, 15) is 4.79 Å². The maximum Gasteiger partial charge on any atom is 0.210 e. The second-order valence-electron chi connectivity index (χ2n) is 5.08. The van der Waals surface area contributed by atoms with Crippen LogP contribution in [0.5, 0.6) is 0 Å². The van der Waals surface area contributed by atoms with E-state index in [0.29, 0.717) is 0 Å². The Morgan fingerprint density at radius 1 is 1.30 bits per heavy atom. The van der Waals surface area contributed by atoms with Crippen molar-refractivity contribution in [2.45, 2.75) is 25.3 Å². The minimum Gasteiger partial charge on any atom is -0.338 e. The molecule has 2 heterocycles. The molecule has 0 radical (unpaired) electrons. The molecule has 0 bridgehead atoms. The Hall–Kier alpha value is -1.32. The summed E-state index contributed by atoms with van der Waals surface area (Å²) >= 11 is 7.95. The molecule has 3 rings (SSSR count). The van der Waals surface area contributed by atoms with Crippen LogP contribution in [-0.2, 0) is 4.79 Å². The van der Waals surface area contributed by atoms with Crippen LogP contribution >= 0.6 is 22.9 Å².